The standard InChI is InChI=1S/C26H28FN3O2/c1-26(25(32)28-21-11-3-2-4-12-21)17-29-22-13-6-5-9-19(22)15-23(29)24(31)30(26)16-18-8-7-10-20(27)14-18/h5-10,13-15,21H,2-4,11-12,16-17H2,1H3,(H,28,32)/t26-/m0/s1. The minimum Gasteiger partial charge on any atom is -0.351 e. The highest BCUT2D eigenvalue weighted by Gasteiger charge is 2.48. The Hall–Kier alpha value is -3.15. The van der Waals surface area contributed by atoms with Crippen LogP contribution in [0.4, 0.5) is 4.39 Å². The van der Waals surface area contributed by atoms with Crippen molar-refractivity contribution in [2.75, 3.05) is 0 Å². The van der Waals surface area contributed by atoms with Gasteiger partial charge in [0.25, 0.3) is 5.91 Å². The summed E-state index contributed by atoms with van der Waals surface area (Å²) in [5, 5.41) is 4.20. The highest BCUT2D eigenvalue weighted by molar-refractivity contribution is 6.03. The zero-order chi connectivity index (χ0) is 22.3. The van der Waals surface area contributed by atoms with Crippen LogP contribution in [-0.4, -0.2) is 32.9 Å². The predicted octanol–water partition coefficient (Wildman–Crippen LogP) is 4.64. The van der Waals surface area contributed by atoms with Crippen LogP contribution in [0.15, 0.2) is 54.6 Å². The highest BCUT2D eigenvalue weighted by Crippen LogP contribution is 2.34. The van der Waals surface area contributed by atoms with E-state index in [0.717, 1.165) is 36.6 Å². The average molecular weight is 434 g/mol. The van der Waals surface area contributed by atoms with E-state index in [1.165, 1.54) is 18.6 Å². The van der Waals surface area contributed by atoms with Crippen molar-refractivity contribution in [2.45, 2.75) is 63.7 Å². The summed E-state index contributed by atoms with van der Waals surface area (Å²) in [6, 6.07) is 16.1. The van der Waals surface area contributed by atoms with Crippen molar-refractivity contribution < 1.29 is 14.0 Å². The van der Waals surface area contributed by atoms with Crippen LogP contribution >= 0.6 is 0 Å². The van der Waals surface area contributed by atoms with Crippen molar-refractivity contribution in [3.63, 3.8) is 0 Å². The summed E-state index contributed by atoms with van der Waals surface area (Å²) in [6.45, 7) is 2.36. The number of halogens is 1. The van der Waals surface area contributed by atoms with E-state index < -0.39 is 5.54 Å². The van der Waals surface area contributed by atoms with Gasteiger partial charge in [-0.2, -0.15) is 0 Å². The molecule has 2 amide bonds. The molecule has 2 aliphatic rings. The van der Waals surface area contributed by atoms with Crippen LogP contribution in [0.25, 0.3) is 10.9 Å². The van der Waals surface area contributed by atoms with Crippen molar-refractivity contribution in [2.24, 2.45) is 0 Å². The van der Waals surface area contributed by atoms with E-state index in [1.807, 2.05) is 41.8 Å². The Labute approximate surface area is 187 Å². The molecule has 0 saturated heterocycles. The Morgan fingerprint density at radius 3 is 2.66 bits per heavy atom. The lowest BCUT2D eigenvalue weighted by Crippen LogP contribution is -2.64. The third-order valence-electron chi connectivity index (χ3n) is 7.00. The normalized spacial score (nSPS) is 21.6. The SMILES string of the molecule is C[C@@]1(C(=O)NC2CCCCC2)Cn2c(cc3ccccc32)C(=O)N1Cc1cccc(F)c1. The maximum atomic E-state index is 13.9. The molecular weight excluding hydrogens is 405 g/mol. The summed E-state index contributed by atoms with van der Waals surface area (Å²) in [4.78, 5) is 29.0. The largest absolute Gasteiger partial charge is 0.351 e. The van der Waals surface area contributed by atoms with Crippen molar-refractivity contribution in [1.29, 1.82) is 0 Å². The number of nitrogens with zero attached hydrogens (tertiary/aromatic N) is 2. The zero-order valence-corrected chi connectivity index (χ0v) is 18.3. The summed E-state index contributed by atoms with van der Waals surface area (Å²) < 4.78 is 15.8. The third kappa shape index (κ3) is 3.57. The first-order chi connectivity index (χ1) is 15.5. The molecule has 2 aromatic carbocycles. The first-order valence-electron chi connectivity index (χ1n) is 11.4. The molecule has 6 heteroatoms. The zero-order valence-electron chi connectivity index (χ0n) is 18.3. The molecule has 1 fully saturated rings. The molecular formula is C26H28FN3O2. The molecule has 0 radical (unpaired) electrons. The monoisotopic (exact) mass is 433 g/mol. The average Bonchev–Trinajstić information content (AvgIpc) is 3.16. The number of benzene rings is 2. The van der Waals surface area contributed by atoms with Crippen LogP contribution in [0.3, 0.4) is 0 Å². The number of aromatic nitrogens is 1. The number of carbonyl (C=O) groups excluding carboxylic acids is 2. The quantitative estimate of drug-likeness (QED) is 0.652. The summed E-state index contributed by atoms with van der Waals surface area (Å²) in [5.41, 5.74) is 1.08. The van der Waals surface area contributed by atoms with Crippen molar-refractivity contribution >= 4 is 22.7 Å². The van der Waals surface area contributed by atoms with Crippen LogP contribution in [0.1, 0.15) is 55.1 Å². The second-order valence-electron chi connectivity index (χ2n) is 9.28. The maximum absolute atomic E-state index is 13.9. The summed E-state index contributed by atoms with van der Waals surface area (Å²) in [7, 11) is 0. The predicted molar refractivity (Wildman–Crippen MR) is 122 cm³/mol. The van der Waals surface area contributed by atoms with Crippen molar-refractivity contribution in [1.82, 2.24) is 14.8 Å². The molecule has 1 saturated carbocycles. The number of hydrogen-bond acceptors (Lipinski definition) is 2. The molecule has 166 valence electrons. The fourth-order valence-corrected chi connectivity index (χ4v) is 5.16. The lowest BCUT2D eigenvalue weighted by Gasteiger charge is -2.45. The van der Waals surface area contributed by atoms with Crippen LogP contribution in [0.2, 0.25) is 0 Å². The number of fused-ring (bicyclic) bond motifs is 3. The number of nitrogens with one attached hydrogen (secondary N) is 1. The van der Waals surface area contributed by atoms with Gasteiger partial charge in [-0.1, -0.05) is 49.6 Å². The molecule has 5 rings (SSSR count). The molecule has 3 aromatic rings. The van der Waals surface area contributed by atoms with E-state index in [9.17, 15) is 14.0 Å². The Morgan fingerprint density at radius 1 is 1.09 bits per heavy atom. The van der Waals surface area contributed by atoms with Crippen LogP contribution in [0.5, 0.6) is 0 Å². The van der Waals surface area contributed by atoms with Gasteiger partial charge in [0, 0.05) is 23.5 Å². The molecule has 32 heavy (non-hydrogen) atoms. The van der Waals surface area contributed by atoms with Gasteiger partial charge in [0.15, 0.2) is 0 Å². The van der Waals surface area contributed by atoms with Gasteiger partial charge < -0.3 is 14.8 Å². The third-order valence-corrected chi connectivity index (χ3v) is 7.00. The molecule has 5 nitrogen and oxygen atoms in total. The first kappa shape index (κ1) is 20.7. The van der Waals surface area contributed by atoms with E-state index >= 15 is 0 Å². The van der Waals surface area contributed by atoms with Gasteiger partial charge in [0.05, 0.1) is 6.54 Å². The number of amides is 2. The van der Waals surface area contributed by atoms with E-state index in [0.29, 0.717) is 17.8 Å². The number of para-hydroxylation sites is 1. The molecule has 0 spiro atoms. The van der Waals surface area contributed by atoms with Crippen LogP contribution < -0.4 is 5.32 Å². The lowest BCUT2D eigenvalue weighted by molar-refractivity contribution is -0.134. The van der Waals surface area contributed by atoms with Gasteiger partial charge in [0.1, 0.15) is 17.1 Å². The van der Waals surface area contributed by atoms with Crippen molar-refractivity contribution in [3.8, 4) is 0 Å². The molecule has 1 aliphatic heterocycles. The first-order valence-corrected chi connectivity index (χ1v) is 11.4. The summed E-state index contributed by atoms with van der Waals surface area (Å²) in [6.07, 6.45) is 5.36. The topological polar surface area (TPSA) is 54.3 Å². The smallest absolute Gasteiger partial charge is 0.271 e. The van der Waals surface area contributed by atoms with Crippen LogP contribution in [0, 0.1) is 5.82 Å². The van der Waals surface area contributed by atoms with E-state index in [4.69, 9.17) is 0 Å². The van der Waals surface area contributed by atoms with Gasteiger partial charge in [-0.05, 0) is 49.6 Å². The molecule has 1 atom stereocenters. The van der Waals surface area contributed by atoms with Crippen molar-refractivity contribution in [3.05, 3.63) is 71.7 Å². The molecule has 1 aliphatic carbocycles. The number of hydrogen-bond donors (Lipinski definition) is 1. The maximum Gasteiger partial charge on any atom is 0.271 e. The minimum absolute atomic E-state index is 0.141. The van der Waals surface area contributed by atoms with Crippen LogP contribution in [-0.2, 0) is 17.9 Å². The Kier molecular flexibility index (Phi) is 5.24. The molecule has 1 N–H and O–H groups in total. The number of carbonyl (C=O) groups is 2. The van der Waals surface area contributed by atoms with Gasteiger partial charge in [-0.25, -0.2) is 4.39 Å². The summed E-state index contributed by atoms with van der Waals surface area (Å²) >= 11 is 0. The lowest BCUT2D eigenvalue weighted by atomic mass is 9.91. The molecule has 1 aromatic heterocycles. The second-order valence-corrected chi connectivity index (χ2v) is 9.28. The van der Waals surface area contributed by atoms with Gasteiger partial charge in [-0.15, -0.1) is 0 Å². The Morgan fingerprint density at radius 2 is 1.88 bits per heavy atom. The minimum atomic E-state index is -1.09. The summed E-state index contributed by atoms with van der Waals surface area (Å²) in [5.74, 6) is -0.704. The van der Waals surface area contributed by atoms with E-state index in [2.05, 4.69) is 5.32 Å². The fraction of sp³-hybridized carbons (Fsp3) is 0.385. The van der Waals surface area contributed by atoms with Gasteiger partial charge in [0.2, 0.25) is 5.91 Å². The second kappa shape index (κ2) is 8.08. The highest BCUT2D eigenvalue weighted by atomic mass is 19.1. The molecule has 0 unspecified atom stereocenters. The van der Waals surface area contributed by atoms with Gasteiger partial charge in [-0.3, -0.25) is 9.59 Å². The Balaban J connectivity index is 1.55. The Bertz CT molecular complexity index is 1180. The fourth-order valence-electron chi connectivity index (χ4n) is 5.16. The number of rotatable bonds is 4. The molecule has 0 bridgehead atoms. The van der Waals surface area contributed by atoms with E-state index in [-0.39, 0.29) is 30.2 Å². The molecule has 2 heterocycles. The van der Waals surface area contributed by atoms with Gasteiger partial charge >= 0.3 is 0 Å². The van der Waals surface area contributed by atoms with E-state index in [1.54, 1.807) is 17.0 Å².